The fraction of sp³-hybridized carbons (Fsp3) is 0.349. The molecule has 5 nitrogen and oxygen atoms in total. The summed E-state index contributed by atoms with van der Waals surface area (Å²) in [6, 6.07) is 53.9. The van der Waals surface area contributed by atoms with Crippen molar-refractivity contribution in [2.45, 2.75) is 209 Å². The predicted octanol–water partition coefficient (Wildman–Crippen LogP) is 29.3. The molecule has 10 aromatic rings. The highest BCUT2D eigenvalue weighted by Gasteiger charge is 2.25. The van der Waals surface area contributed by atoms with Crippen molar-refractivity contribution in [3.05, 3.63) is 324 Å². The van der Waals surface area contributed by atoms with Gasteiger partial charge in [0, 0.05) is 27.8 Å². The van der Waals surface area contributed by atoms with Crippen molar-refractivity contribution in [3.63, 3.8) is 0 Å². The summed E-state index contributed by atoms with van der Waals surface area (Å²) in [6.07, 6.45) is 26.1. The van der Waals surface area contributed by atoms with Gasteiger partial charge in [0.2, 0.25) is 23.3 Å². The SMILES string of the molecule is CCCC1CCC(c2ccc(C#Cc3ccc(OCC)c(F)c3F)cc2)CC1.CCCCCC1CCC(c2ccc(C#Cc3ccc(OCC)c(F)c3F)cc2)CC1.CCCCCc1ccc(C#Cc2ccc(OCC)c(F)c2F)cc1.CCCc1ccc(C#Cc2ccc(OCC)c(F)c2F)cc1.CCc1ccc(C#Cc2ccc(N=C=S)c(F)c2F)cc1. The van der Waals surface area contributed by atoms with Crippen LogP contribution < -0.4 is 18.9 Å². The van der Waals surface area contributed by atoms with E-state index in [1.807, 2.05) is 102 Å². The lowest BCUT2D eigenvalue weighted by atomic mass is 9.77. The van der Waals surface area contributed by atoms with Crippen molar-refractivity contribution in [1.29, 1.82) is 0 Å². The number of nitrogens with zero attached hydrogens (tertiary/aromatic N) is 1. The molecule has 0 aliphatic heterocycles. The second kappa shape index (κ2) is 53.5. The lowest BCUT2D eigenvalue weighted by Gasteiger charge is -2.29. The van der Waals surface area contributed by atoms with Gasteiger partial charge in [0.1, 0.15) is 5.69 Å². The number of hydrogen-bond acceptors (Lipinski definition) is 6. The maximum atomic E-state index is 14.2. The lowest BCUT2D eigenvalue weighted by molar-refractivity contribution is 0.303. The zero-order valence-corrected chi connectivity index (χ0v) is 73.9. The Kier molecular flexibility index (Phi) is 42.2. The minimum absolute atomic E-state index is 0.0182. The first-order valence-electron chi connectivity index (χ1n) is 43.8. The van der Waals surface area contributed by atoms with Crippen molar-refractivity contribution in [2.75, 3.05) is 26.4 Å². The maximum Gasteiger partial charge on any atom is 0.201 e. The zero-order valence-electron chi connectivity index (χ0n) is 73.1. The lowest BCUT2D eigenvalue weighted by Crippen LogP contribution is -2.13. The zero-order chi connectivity index (χ0) is 89.8. The fourth-order valence-electron chi connectivity index (χ4n) is 14.6. The normalized spacial score (nSPS) is 14.0. The molecule has 0 radical (unpaired) electrons. The predicted molar refractivity (Wildman–Crippen MR) is 488 cm³/mol. The number of hydrogen-bond donors (Lipinski definition) is 0. The number of benzene rings is 10. The van der Waals surface area contributed by atoms with Gasteiger partial charge < -0.3 is 18.9 Å². The second-order valence-corrected chi connectivity index (χ2v) is 30.7. The number of thiocarbonyl (C=S) groups is 1. The molecule has 0 aromatic heterocycles. The highest BCUT2D eigenvalue weighted by molar-refractivity contribution is 7.78. The Balaban J connectivity index is 0.000000195. The van der Waals surface area contributed by atoms with E-state index in [2.05, 4.69) is 135 Å². The van der Waals surface area contributed by atoms with Crippen molar-refractivity contribution in [2.24, 2.45) is 16.8 Å². The Morgan fingerprint density at radius 3 is 0.880 bits per heavy atom. The van der Waals surface area contributed by atoms with E-state index in [4.69, 9.17) is 18.9 Å². The molecule has 0 spiro atoms. The molecule has 652 valence electrons. The summed E-state index contributed by atoms with van der Waals surface area (Å²) < 4.78 is 159. The maximum absolute atomic E-state index is 14.2. The molecule has 16 heteroatoms. The van der Waals surface area contributed by atoms with Gasteiger partial charge in [0.15, 0.2) is 57.9 Å². The van der Waals surface area contributed by atoms with Crippen LogP contribution >= 0.6 is 12.2 Å². The monoisotopic (exact) mass is 1720 g/mol. The molecule has 12 rings (SSSR count). The molecule has 0 saturated heterocycles. The summed E-state index contributed by atoms with van der Waals surface area (Å²) in [6.45, 7) is 18.9. The number of halogens is 10. The second-order valence-electron chi connectivity index (χ2n) is 30.5. The van der Waals surface area contributed by atoms with E-state index in [1.54, 1.807) is 27.7 Å². The third-order valence-corrected chi connectivity index (χ3v) is 21.7. The Labute approximate surface area is 739 Å². The van der Waals surface area contributed by atoms with Crippen LogP contribution in [0.3, 0.4) is 0 Å². The molecule has 125 heavy (non-hydrogen) atoms. The van der Waals surface area contributed by atoms with Crippen LogP contribution in [0.25, 0.3) is 0 Å². The third kappa shape index (κ3) is 31.2. The van der Waals surface area contributed by atoms with Gasteiger partial charge in [-0.15, -0.1) is 0 Å². The summed E-state index contributed by atoms with van der Waals surface area (Å²) in [5, 5.41) is 2.01. The molecule has 0 bridgehead atoms. The number of isothiocyanates is 1. The van der Waals surface area contributed by atoms with E-state index in [9.17, 15) is 43.9 Å². The Bertz CT molecular complexity index is 5480. The van der Waals surface area contributed by atoms with Crippen molar-refractivity contribution in [3.8, 4) is 82.2 Å². The highest BCUT2D eigenvalue weighted by Crippen LogP contribution is 2.40. The van der Waals surface area contributed by atoms with Gasteiger partial charge in [-0.1, -0.05) is 212 Å². The molecule has 2 aliphatic carbocycles. The number of ether oxygens (including phenoxy) is 4. The van der Waals surface area contributed by atoms with Gasteiger partial charge in [0.25, 0.3) is 0 Å². The molecule has 0 N–H and O–H groups in total. The molecule has 0 heterocycles. The summed E-state index contributed by atoms with van der Waals surface area (Å²) in [5.74, 6) is 20.7. The van der Waals surface area contributed by atoms with Crippen LogP contribution in [0.4, 0.5) is 49.6 Å². The van der Waals surface area contributed by atoms with Crippen LogP contribution in [0.5, 0.6) is 23.0 Å². The van der Waals surface area contributed by atoms with Crippen LogP contribution in [-0.4, -0.2) is 31.6 Å². The van der Waals surface area contributed by atoms with Crippen LogP contribution in [0.1, 0.15) is 273 Å². The first kappa shape index (κ1) is 98.7. The molecule has 2 fully saturated rings. The van der Waals surface area contributed by atoms with E-state index >= 15 is 0 Å². The number of unbranched alkanes of at least 4 members (excludes halogenated alkanes) is 4. The van der Waals surface area contributed by atoms with Crippen LogP contribution in [-0.2, 0) is 19.3 Å². The van der Waals surface area contributed by atoms with Gasteiger partial charge in [-0.25, -0.2) is 26.3 Å². The molecule has 0 unspecified atom stereocenters. The smallest absolute Gasteiger partial charge is 0.201 e. The van der Waals surface area contributed by atoms with Gasteiger partial charge in [-0.3, -0.25) is 0 Å². The van der Waals surface area contributed by atoms with Gasteiger partial charge in [-0.05, 0) is 290 Å². The van der Waals surface area contributed by atoms with Gasteiger partial charge in [0.05, 0.1) is 59.4 Å². The molecule has 0 atom stereocenters. The number of rotatable bonds is 24. The average Bonchev–Trinajstić information content (AvgIpc) is 0.851. The van der Waals surface area contributed by atoms with E-state index in [-0.39, 0.29) is 82.9 Å². The minimum atomic E-state index is -1.07. The van der Waals surface area contributed by atoms with E-state index in [0.29, 0.717) is 11.8 Å². The molecule has 10 aromatic carbocycles. The third-order valence-electron chi connectivity index (χ3n) is 21.6. The summed E-state index contributed by atoms with van der Waals surface area (Å²) >= 11 is 4.37. The number of aliphatic imine (C=N–C) groups is 1. The standard InChI is InChI=1S/C27H32F2O.C25H28F2O.C21H22F2O.C19H18F2O.C17H11F2NS/c1-3-5-6-7-20-8-13-22(14-9-20)23-15-10-21(11-16-23)12-17-24-18-19-25(30-4-2)27(29)26(24)28;1-3-5-18-6-11-20(12-7-18)21-13-8-19(9-14-21)10-15-22-16-17-23(28-4-2)25(27)24(22)26;1-3-5-6-7-16-8-10-17(11-9-16)12-13-18-14-15-19(24-4-2)21(23)20(18)22;1-3-5-14-6-8-15(9-7-14)10-11-16-12-13-17(22-4-2)19(21)18(16)20;1-2-12-3-5-13(6-4-12)7-8-14-9-10-15(20-11-21)17(19)16(14)18/h10-11,15-16,18-20,22H,3-9,13-14H2,1-2H3;8-9,13-14,16-18,20H,3-7,11-12H2,1-2H3;8-11,14-15H,3-7H2,1-2H3;6-9,12-13H,3-5H2,1-2H3;3-6,9-10H,2H2,1H3. The molecular formula is C109H111F10NO4S. The average molecular weight is 1720 g/mol. The summed E-state index contributed by atoms with van der Waals surface area (Å²) in [5.41, 5.74) is 10.3. The summed E-state index contributed by atoms with van der Waals surface area (Å²) in [4.78, 5) is 3.45. The molecule has 2 aliphatic rings. The fourth-order valence-corrected chi connectivity index (χ4v) is 14.7. The highest BCUT2D eigenvalue weighted by atomic mass is 32.1. The first-order chi connectivity index (χ1) is 60.7. The van der Waals surface area contributed by atoms with E-state index in [0.717, 1.165) is 65.3 Å². The molecule has 2 saturated carbocycles. The van der Waals surface area contributed by atoms with Crippen LogP contribution in [0.15, 0.2) is 187 Å². The Morgan fingerprint density at radius 2 is 0.576 bits per heavy atom. The summed E-state index contributed by atoms with van der Waals surface area (Å²) in [7, 11) is 0. The Morgan fingerprint density at radius 1 is 0.280 bits per heavy atom. The van der Waals surface area contributed by atoms with Crippen molar-refractivity contribution >= 4 is 23.1 Å². The number of aryl methyl sites for hydroxylation is 3. The molecular weight excluding hydrogens is 1610 g/mol. The van der Waals surface area contributed by atoms with Crippen molar-refractivity contribution < 1.29 is 62.9 Å². The Hall–Kier alpha value is -11.7. The van der Waals surface area contributed by atoms with E-state index in [1.165, 1.54) is 198 Å². The topological polar surface area (TPSA) is 49.3 Å². The largest absolute Gasteiger partial charge is 0.491 e. The van der Waals surface area contributed by atoms with E-state index < -0.39 is 58.2 Å². The molecule has 0 amide bonds. The quantitative estimate of drug-likeness (QED) is 0.0198. The first-order valence-corrected chi connectivity index (χ1v) is 44.2. The van der Waals surface area contributed by atoms with Gasteiger partial charge in [-0.2, -0.15) is 22.6 Å². The minimum Gasteiger partial charge on any atom is -0.491 e. The van der Waals surface area contributed by atoms with Crippen LogP contribution in [0, 0.1) is 129 Å². The van der Waals surface area contributed by atoms with Gasteiger partial charge >= 0.3 is 0 Å². The van der Waals surface area contributed by atoms with Crippen LogP contribution in [0.2, 0.25) is 0 Å². The van der Waals surface area contributed by atoms with Crippen molar-refractivity contribution in [1.82, 2.24) is 0 Å².